The summed E-state index contributed by atoms with van der Waals surface area (Å²) in [5.74, 6) is 1.05. The van der Waals surface area contributed by atoms with Gasteiger partial charge in [-0.15, -0.1) is 0 Å². The highest BCUT2D eigenvalue weighted by Crippen LogP contribution is 2.25. The van der Waals surface area contributed by atoms with Crippen LogP contribution in [0.2, 0.25) is 0 Å². The fourth-order valence-corrected chi connectivity index (χ4v) is 2.36. The van der Waals surface area contributed by atoms with Crippen LogP contribution in [0.25, 0.3) is 0 Å². The van der Waals surface area contributed by atoms with Gasteiger partial charge in [-0.05, 0) is 50.7 Å². The van der Waals surface area contributed by atoms with E-state index in [9.17, 15) is 0 Å². The molecule has 1 aromatic carbocycles. The molecule has 2 rings (SSSR count). The van der Waals surface area contributed by atoms with Gasteiger partial charge < -0.3 is 4.74 Å². The number of ether oxygens (including phenoxy) is 1. The maximum absolute atomic E-state index is 6.12. The molecule has 0 spiro atoms. The lowest BCUT2D eigenvalue weighted by Gasteiger charge is -2.19. The van der Waals surface area contributed by atoms with Gasteiger partial charge in [-0.1, -0.05) is 31.0 Å². The van der Waals surface area contributed by atoms with E-state index in [0.717, 1.165) is 12.2 Å². The topological polar surface area (TPSA) is 9.23 Å². The minimum atomic E-state index is 0.426. The molecule has 16 heavy (non-hydrogen) atoms. The number of hydrogen-bond acceptors (Lipinski definition) is 1. The molecule has 1 heteroatoms. The number of benzene rings is 1. The maximum Gasteiger partial charge on any atom is 0.122 e. The molecule has 0 bridgehead atoms. The van der Waals surface area contributed by atoms with E-state index in [4.69, 9.17) is 4.74 Å². The Hall–Kier alpha value is -0.980. The van der Waals surface area contributed by atoms with Gasteiger partial charge in [0, 0.05) is 0 Å². The summed E-state index contributed by atoms with van der Waals surface area (Å²) >= 11 is 0. The molecular weight excluding hydrogens is 196 g/mol. The zero-order valence-electron chi connectivity index (χ0n) is 9.95. The Bertz CT molecular complexity index is 311. The first-order valence-corrected chi connectivity index (χ1v) is 6.44. The van der Waals surface area contributed by atoms with Crippen LogP contribution in [0.5, 0.6) is 5.75 Å². The molecule has 0 N–H and O–H groups in total. The molecule has 1 aliphatic rings. The highest BCUT2D eigenvalue weighted by atomic mass is 16.5. The van der Waals surface area contributed by atoms with E-state index in [0.29, 0.717) is 6.10 Å². The molecule has 1 saturated carbocycles. The molecule has 87 valence electrons. The van der Waals surface area contributed by atoms with E-state index in [1.807, 2.05) is 6.07 Å². The minimum Gasteiger partial charge on any atom is -0.490 e. The van der Waals surface area contributed by atoms with E-state index < -0.39 is 0 Å². The number of para-hydroxylation sites is 1. The van der Waals surface area contributed by atoms with Crippen molar-refractivity contribution in [2.75, 3.05) is 0 Å². The molecular formula is C15H21O. The van der Waals surface area contributed by atoms with E-state index in [1.165, 1.54) is 44.1 Å². The van der Waals surface area contributed by atoms with Gasteiger partial charge in [-0.2, -0.15) is 0 Å². The molecule has 1 aliphatic carbocycles. The summed E-state index contributed by atoms with van der Waals surface area (Å²) in [7, 11) is 0. The van der Waals surface area contributed by atoms with Crippen molar-refractivity contribution < 1.29 is 4.74 Å². The lowest BCUT2D eigenvalue weighted by Crippen LogP contribution is -2.15. The van der Waals surface area contributed by atoms with Crippen LogP contribution in [0.1, 0.15) is 44.1 Å². The van der Waals surface area contributed by atoms with Crippen LogP contribution in [0.3, 0.4) is 0 Å². The highest BCUT2D eigenvalue weighted by Gasteiger charge is 2.14. The van der Waals surface area contributed by atoms with Crippen LogP contribution in [-0.2, 0) is 6.42 Å². The number of rotatable bonds is 3. The summed E-state index contributed by atoms with van der Waals surface area (Å²) in [6.07, 6.45) is 9.04. The van der Waals surface area contributed by atoms with Crippen molar-refractivity contribution in [1.29, 1.82) is 0 Å². The quantitative estimate of drug-likeness (QED) is 0.691. The van der Waals surface area contributed by atoms with Gasteiger partial charge >= 0.3 is 0 Å². The van der Waals surface area contributed by atoms with Crippen molar-refractivity contribution >= 4 is 0 Å². The van der Waals surface area contributed by atoms with Gasteiger partial charge in [-0.25, -0.2) is 0 Å². The van der Waals surface area contributed by atoms with E-state index >= 15 is 0 Å². The summed E-state index contributed by atoms with van der Waals surface area (Å²) in [6, 6.07) is 8.29. The SMILES string of the molecule is [CH2]Cc1ccccc1OC1CCCCCC1. The first-order valence-electron chi connectivity index (χ1n) is 6.44. The predicted octanol–water partition coefficient (Wildman–Crippen LogP) is 4.16. The molecule has 1 aromatic rings. The molecule has 1 nitrogen and oxygen atoms in total. The third-order valence-corrected chi connectivity index (χ3v) is 3.34. The molecule has 0 heterocycles. The first kappa shape index (κ1) is 11.5. The van der Waals surface area contributed by atoms with Crippen LogP contribution in [-0.4, -0.2) is 6.10 Å². The second kappa shape index (κ2) is 5.93. The first-order chi connectivity index (χ1) is 7.90. The summed E-state index contributed by atoms with van der Waals surface area (Å²) in [4.78, 5) is 0. The Morgan fingerprint density at radius 3 is 2.44 bits per heavy atom. The Labute approximate surface area is 98.8 Å². The molecule has 1 radical (unpaired) electrons. The summed E-state index contributed by atoms with van der Waals surface area (Å²) in [5.41, 5.74) is 1.23. The molecule has 1 fully saturated rings. The largest absolute Gasteiger partial charge is 0.490 e. The van der Waals surface area contributed by atoms with Crippen molar-refractivity contribution in [3.63, 3.8) is 0 Å². The Balaban J connectivity index is 2.01. The summed E-state index contributed by atoms with van der Waals surface area (Å²) < 4.78 is 6.12. The predicted molar refractivity (Wildman–Crippen MR) is 67.6 cm³/mol. The van der Waals surface area contributed by atoms with Crippen LogP contribution in [0.15, 0.2) is 24.3 Å². The standard InChI is InChI=1S/C15H21O/c1-2-13-9-7-8-12-15(13)16-14-10-5-3-4-6-11-14/h7-9,12,14H,1-6,10-11H2. The second-order valence-electron chi connectivity index (χ2n) is 4.59. The Kier molecular flexibility index (Phi) is 4.26. The third kappa shape index (κ3) is 3.01. The number of hydrogen-bond donors (Lipinski definition) is 0. The van der Waals surface area contributed by atoms with E-state index in [1.54, 1.807) is 0 Å². The average molecular weight is 217 g/mol. The normalized spacial score (nSPS) is 18.1. The average Bonchev–Trinajstić information content (AvgIpc) is 2.58. The maximum atomic E-state index is 6.12. The summed E-state index contributed by atoms with van der Waals surface area (Å²) in [5, 5.41) is 0. The van der Waals surface area contributed by atoms with Gasteiger partial charge in [0.1, 0.15) is 5.75 Å². The lowest BCUT2D eigenvalue weighted by molar-refractivity contribution is 0.182. The van der Waals surface area contributed by atoms with Crippen molar-refractivity contribution in [1.82, 2.24) is 0 Å². The van der Waals surface area contributed by atoms with Crippen LogP contribution < -0.4 is 4.74 Å². The van der Waals surface area contributed by atoms with Gasteiger partial charge in [0.2, 0.25) is 0 Å². The van der Waals surface area contributed by atoms with Crippen LogP contribution in [0.4, 0.5) is 0 Å². The van der Waals surface area contributed by atoms with Gasteiger partial charge in [0.25, 0.3) is 0 Å². The van der Waals surface area contributed by atoms with Gasteiger partial charge in [0.15, 0.2) is 0 Å². The third-order valence-electron chi connectivity index (χ3n) is 3.34. The van der Waals surface area contributed by atoms with Crippen LogP contribution >= 0.6 is 0 Å². The van der Waals surface area contributed by atoms with Crippen molar-refractivity contribution in [2.45, 2.75) is 51.0 Å². The second-order valence-corrected chi connectivity index (χ2v) is 4.59. The molecule has 0 aromatic heterocycles. The molecule has 0 aliphatic heterocycles. The zero-order chi connectivity index (χ0) is 11.2. The lowest BCUT2D eigenvalue weighted by atomic mass is 10.1. The van der Waals surface area contributed by atoms with Crippen molar-refractivity contribution in [3.8, 4) is 5.75 Å². The molecule has 0 unspecified atom stereocenters. The monoisotopic (exact) mass is 217 g/mol. The van der Waals surface area contributed by atoms with Crippen molar-refractivity contribution in [2.24, 2.45) is 0 Å². The van der Waals surface area contributed by atoms with E-state index in [2.05, 4.69) is 25.1 Å². The molecule has 0 amide bonds. The van der Waals surface area contributed by atoms with Gasteiger partial charge in [0.05, 0.1) is 6.10 Å². The summed E-state index contributed by atoms with van der Waals surface area (Å²) in [6.45, 7) is 3.95. The fraction of sp³-hybridized carbons (Fsp3) is 0.533. The van der Waals surface area contributed by atoms with Crippen LogP contribution in [0, 0.1) is 6.92 Å². The van der Waals surface area contributed by atoms with Crippen molar-refractivity contribution in [3.05, 3.63) is 36.8 Å². The smallest absolute Gasteiger partial charge is 0.122 e. The highest BCUT2D eigenvalue weighted by molar-refractivity contribution is 5.33. The molecule has 0 atom stereocenters. The zero-order valence-corrected chi connectivity index (χ0v) is 9.95. The Morgan fingerprint density at radius 1 is 1.06 bits per heavy atom. The minimum absolute atomic E-state index is 0.426. The van der Waals surface area contributed by atoms with Gasteiger partial charge in [-0.3, -0.25) is 0 Å². The fourth-order valence-electron chi connectivity index (χ4n) is 2.36. The van der Waals surface area contributed by atoms with E-state index in [-0.39, 0.29) is 0 Å². The Morgan fingerprint density at radius 2 is 1.75 bits per heavy atom. The molecule has 0 saturated heterocycles.